The Morgan fingerprint density at radius 2 is 1.90 bits per heavy atom. The summed E-state index contributed by atoms with van der Waals surface area (Å²) in [6.45, 7) is 0. The molecule has 104 valence electrons. The first-order chi connectivity index (χ1) is 9.81. The largest absolute Gasteiger partial charge is 0.368 e. The van der Waals surface area contributed by atoms with Crippen molar-refractivity contribution in [1.82, 2.24) is 19.9 Å². The van der Waals surface area contributed by atoms with E-state index < -0.39 is 0 Å². The molecule has 0 bridgehead atoms. The van der Waals surface area contributed by atoms with Crippen LogP contribution in [0.25, 0.3) is 0 Å². The Morgan fingerprint density at radius 3 is 2.65 bits per heavy atom. The summed E-state index contributed by atoms with van der Waals surface area (Å²) >= 11 is 0. The average Bonchev–Trinajstić information content (AvgIpc) is 2.49. The lowest BCUT2D eigenvalue weighted by atomic mass is 9.89. The fraction of sp³-hybridized carbons (Fsp3) is 0.467. The normalized spacial score (nSPS) is 16.2. The number of hydrogen-bond acceptors (Lipinski definition) is 5. The summed E-state index contributed by atoms with van der Waals surface area (Å²) in [5, 5.41) is 0. The molecule has 1 fully saturated rings. The van der Waals surface area contributed by atoms with Gasteiger partial charge in [0.05, 0.1) is 6.42 Å². The predicted octanol–water partition coefficient (Wildman–Crippen LogP) is 2.49. The number of pyridine rings is 1. The Hall–Kier alpha value is -2.04. The first-order valence-electron chi connectivity index (χ1n) is 7.21. The fourth-order valence-corrected chi connectivity index (χ4v) is 2.74. The average molecular weight is 269 g/mol. The van der Waals surface area contributed by atoms with Gasteiger partial charge >= 0.3 is 0 Å². The monoisotopic (exact) mass is 269 g/mol. The summed E-state index contributed by atoms with van der Waals surface area (Å²) in [5.41, 5.74) is 6.79. The highest BCUT2D eigenvalue weighted by Crippen LogP contribution is 2.30. The first kappa shape index (κ1) is 13.0. The highest BCUT2D eigenvalue weighted by molar-refractivity contribution is 5.20. The zero-order chi connectivity index (χ0) is 13.8. The Kier molecular flexibility index (Phi) is 3.85. The van der Waals surface area contributed by atoms with Crippen LogP contribution in [-0.4, -0.2) is 19.9 Å². The molecule has 5 nitrogen and oxygen atoms in total. The number of nitrogens with zero attached hydrogens (tertiary/aromatic N) is 4. The van der Waals surface area contributed by atoms with Crippen molar-refractivity contribution >= 4 is 5.95 Å². The summed E-state index contributed by atoms with van der Waals surface area (Å²) in [5.74, 6) is 2.35. The van der Waals surface area contributed by atoms with Crippen molar-refractivity contribution in [2.75, 3.05) is 5.73 Å². The number of hydrogen-bond donors (Lipinski definition) is 1. The van der Waals surface area contributed by atoms with Gasteiger partial charge in [0.25, 0.3) is 0 Å². The standard InChI is InChI=1S/C15H19N5/c16-15-19-13(10-12-8-4-5-9-17-12)18-14(20-15)11-6-2-1-3-7-11/h4-5,8-9,11H,1-3,6-7,10H2,(H2,16,18,19,20). The molecule has 2 aromatic rings. The van der Waals surface area contributed by atoms with E-state index in [4.69, 9.17) is 5.73 Å². The van der Waals surface area contributed by atoms with E-state index in [9.17, 15) is 0 Å². The minimum atomic E-state index is 0.325. The number of nitrogens with two attached hydrogens (primary N) is 1. The van der Waals surface area contributed by atoms with Crippen LogP contribution < -0.4 is 5.73 Å². The molecule has 1 saturated carbocycles. The summed E-state index contributed by atoms with van der Waals surface area (Å²) < 4.78 is 0. The summed E-state index contributed by atoms with van der Waals surface area (Å²) in [6, 6.07) is 5.84. The molecule has 0 aliphatic heterocycles. The fourth-order valence-electron chi connectivity index (χ4n) is 2.74. The first-order valence-corrected chi connectivity index (χ1v) is 7.21. The van der Waals surface area contributed by atoms with Gasteiger partial charge in [0, 0.05) is 17.8 Å². The molecular weight excluding hydrogens is 250 g/mol. The molecular formula is C15H19N5. The van der Waals surface area contributed by atoms with Crippen LogP contribution in [0.1, 0.15) is 55.4 Å². The highest BCUT2D eigenvalue weighted by Gasteiger charge is 2.19. The zero-order valence-electron chi connectivity index (χ0n) is 11.5. The van der Waals surface area contributed by atoms with E-state index in [2.05, 4.69) is 19.9 Å². The quantitative estimate of drug-likeness (QED) is 0.926. The van der Waals surface area contributed by atoms with Crippen LogP contribution in [0.2, 0.25) is 0 Å². The molecule has 0 aromatic carbocycles. The molecule has 0 amide bonds. The highest BCUT2D eigenvalue weighted by atomic mass is 15.1. The van der Waals surface area contributed by atoms with Crippen molar-refractivity contribution in [3.8, 4) is 0 Å². The molecule has 20 heavy (non-hydrogen) atoms. The van der Waals surface area contributed by atoms with Crippen molar-refractivity contribution in [3.05, 3.63) is 41.7 Å². The third-order valence-electron chi connectivity index (χ3n) is 3.75. The lowest BCUT2D eigenvalue weighted by Gasteiger charge is -2.20. The molecule has 2 aromatic heterocycles. The molecule has 0 saturated heterocycles. The number of rotatable bonds is 3. The van der Waals surface area contributed by atoms with E-state index in [1.54, 1.807) is 6.20 Å². The molecule has 2 N–H and O–H groups in total. The van der Waals surface area contributed by atoms with Crippen LogP contribution in [0, 0.1) is 0 Å². The summed E-state index contributed by atoms with van der Waals surface area (Å²) in [4.78, 5) is 17.5. The molecule has 0 spiro atoms. The molecule has 1 aliphatic carbocycles. The van der Waals surface area contributed by atoms with Gasteiger partial charge in [-0.15, -0.1) is 0 Å². The minimum Gasteiger partial charge on any atom is -0.368 e. The van der Waals surface area contributed by atoms with Crippen molar-refractivity contribution in [2.45, 2.75) is 44.4 Å². The Bertz CT molecular complexity index is 564. The van der Waals surface area contributed by atoms with Crippen LogP contribution in [0.3, 0.4) is 0 Å². The molecule has 1 aliphatic rings. The van der Waals surface area contributed by atoms with E-state index in [0.29, 0.717) is 18.3 Å². The Morgan fingerprint density at radius 1 is 1.05 bits per heavy atom. The zero-order valence-corrected chi connectivity index (χ0v) is 11.5. The van der Waals surface area contributed by atoms with Crippen LogP contribution in [-0.2, 0) is 6.42 Å². The van der Waals surface area contributed by atoms with Crippen molar-refractivity contribution < 1.29 is 0 Å². The topological polar surface area (TPSA) is 77.6 Å². The third-order valence-corrected chi connectivity index (χ3v) is 3.75. The van der Waals surface area contributed by atoms with E-state index in [-0.39, 0.29) is 0 Å². The maximum absolute atomic E-state index is 5.84. The second-order valence-corrected chi connectivity index (χ2v) is 5.30. The van der Waals surface area contributed by atoms with Crippen LogP contribution >= 0.6 is 0 Å². The Balaban J connectivity index is 1.82. The number of anilines is 1. The van der Waals surface area contributed by atoms with Gasteiger partial charge in [0.1, 0.15) is 11.6 Å². The van der Waals surface area contributed by atoms with Crippen molar-refractivity contribution in [2.24, 2.45) is 0 Å². The summed E-state index contributed by atoms with van der Waals surface area (Å²) in [6.07, 6.45) is 8.53. The Labute approximate surface area is 118 Å². The van der Waals surface area contributed by atoms with Gasteiger partial charge in [-0.25, -0.2) is 4.98 Å². The second kappa shape index (κ2) is 5.94. The smallest absolute Gasteiger partial charge is 0.223 e. The molecule has 0 unspecified atom stereocenters. The van der Waals surface area contributed by atoms with Crippen molar-refractivity contribution in [1.29, 1.82) is 0 Å². The number of aromatic nitrogens is 4. The van der Waals surface area contributed by atoms with Gasteiger partial charge in [-0.2, -0.15) is 9.97 Å². The van der Waals surface area contributed by atoms with Crippen LogP contribution in [0.15, 0.2) is 24.4 Å². The van der Waals surface area contributed by atoms with E-state index in [0.717, 1.165) is 30.2 Å². The van der Waals surface area contributed by atoms with Gasteiger partial charge in [-0.05, 0) is 25.0 Å². The molecule has 2 heterocycles. The lowest BCUT2D eigenvalue weighted by molar-refractivity contribution is 0.427. The van der Waals surface area contributed by atoms with Crippen LogP contribution in [0.5, 0.6) is 0 Å². The van der Waals surface area contributed by atoms with Gasteiger partial charge < -0.3 is 5.73 Å². The van der Waals surface area contributed by atoms with Gasteiger partial charge in [-0.3, -0.25) is 4.98 Å². The maximum Gasteiger partial charge on any atom is 0.223 e. The summed E-state index contributed by atoms with van der Waals surface area (Å²) in [7, 11) is 0. The molecule has 5 heteroatoms. The van der Waals surface area contributed by atoms with Gasteiger partial charge in [-0.1, -0.05) is 25.3 Å². The van der Waals surface area contributed by atoms with Gasteiger partial charge in [0.15, 0.2) is 0 Å². The van der Waals surface area contributed by atoms with E-state index in [1.807, 2.05) is 18.2 Å². The SMILES string of the molecule is Nc1nc(Cc2ccccn2)nc(C2CCCCC2)n1. The minimum absolute atomic E-state index is 0.325. The van der Waals surface area contributed by atoms with E-state index >= 15 is 0 Å². The molecule has 0 atom stereocenters. The van der Waals surface area contributed by atoms with Crippen LogP contribution in [0.4, 0.5) is 5.95 Å². The maximum atomic E-state index is 5.84. The number of nitrogen functional groups attached to an aromatic ring is 1. The van der Waals surface area contributed by atoms with Gasteiger partial charge in [0.2, 0.25) is 5.95 Å². The lowest BCUT2D eigenvalue weighted by Crippen LogP contribution is -2.14. The second-order valence-electron chi connectivity index (χ2n) is 5.30. The van der Waals surface area contributed by atoms with E-state index in [1.165, 1.54) is 19.3 Å². The third kappa shape index (κ3) is 3.10. The molecule has 0 radical (unpaired) electrons. The predicted molar refractivity (Wildman–Crippen MR) is 77.1 cm³/mol. The molecule has 3 rings (SSSR count). The van der Waals surface area contributed by atoms with Crippen molar-refractivity contribution in [3.63, 3.8) is 0 Å².